The molecule has 0 atom stereocenters. The highest BCUT2D eigenvalue weighted by atomic mass is 16.3. The number of likely N-dealkylation sites (N-methyl/N-ethyl adjacent to an activating group) is 1. The molecular formula is C6H8N2O4. The van der Waals surface area contributed by atoms with Crippen molar-refractivity contribution in [1.29, 1.82) is 0 Å². The van der Waals surface area contributed by atoms with Crippen LogP contribution in [0.3, 0.4) is 0 Å². The normalized spacial score (nSPS) is 18.0. The van der Waals surface area contributed by atoms with Crippen molar-refractivity contribution >= 4 is 17.8 Å². The predicted molar refractivity (Wildman–Crippen MR) is 37.0 cm³/mol. The van der Waals surface area contributed by atoms with E-state index >= 15 is 0 Å². The molecule has 0 aromatic heterocycles. The molecule has 6 heteroatoms. The second-order valence-electron chi connectivity index (χ2n) is 2.33. The number of imide groups is 2. The van der Waals surface area contributed by atoms with E-state index in [0.29, 0.717) is 4.90 Å². The van der Waals surface area contributed by atoms with Crippen LogP contribution in [0.25, 0.3) is 0 Å². The lowest BCUT2D eigenvalue weighted by molar-refractivity contribution is -0.143. The van der Waals surface area contributed by atoms with E-state index in [9.17, 15) is 14.4 Å². The molecule has 66 valence electrons. The number of amides is 4. The first-order valence-electron chi connectivity index (χ1n) is 3.34. The van der Waals surface area contributed by atoms with Crippen LogP contribution in [-0.2, 0) is 9.59 Å². The lowest BCUT2D eigenvalue weighted by Crippen LogP contribution is -2.33. The quantitative estimate of drug-likeness (QED) is 0.402. The number of nitrogens with zero attached hydrogens (tertiary/aromatic N) is 2. The fraction of sp³-hybridized carbons (Fsp3) is 0.500. The van der Waals surface area contributed by atoms with Crippen molar-refractivity contribution in [3.05, 3.63) is 0 Å². The van der Waals surface area contributed by atoms with Crippen LogP contribution in [0, 0.1) is 0 Å². The molecule has 12 heavy (non-hydrogen) atoms. The van der Waals surface area contributed by atoms with Crippen molar-refractivity contribution in [2.24, 2.45) is 0 Å². The molecule has 1 aliphatic rings. The number of urea groups is 1. The van der Waals surface area contributed by atoms with Gasteiger partial charge in [-0.1, -0.05) is 0 Å². The molecule has 0 aromatic carbocycles. The summed E-state index contributed by atoms with van der Waals surface area (Å²) >= 11 is 0. The third kappa shape index (κ3) is 1.06. The smallest absolute Gasteiger partial charge is 0.334 e. The maximum atomic E-state index is 11.0. The number of rotatable bonds is 2. The van der Waals surface area contributed by atoms with Crippen molar-refractivity contribution in [3.63, 3.8) is 0 Å². The molecule has 6 nitrogen and oxygen atoms in total. The number of aliphatic hydroxyl groups excluding tert-OH is 1. The Morgan fingerprint density at radius 1 is 1.25 bits per heavy atom. The van der Waals surface area contributed by atoms with E-state index < -0.39 is 17.8 Å². The molecule has 0 spiro atoms. The second-order valence-corrected chi connectivity index (χ2v) is 2.33. The van der Waals surface area contributed by atoms with Gasteiger partial charge in [0.2, 0.25) is 0 Å². The lowest BCUT2D eigenvalue weighted by Gasteiger charge is -2.09. The Hall–Kier alpha value is -1.43. The number of hydrogen-bond donors (Lipinski definition) is 1. The molecule has 1 fully saturated rings. The zero-order valence-electron chi connectivity index (χ0n) is 6.48. The molecule has 0 aromatic rings. The minimum Gasteiger partial charge on any atom is -0.395 e. The van der Waals surface area contributed by atoms with Crippen molar-refractivity contribution in [2.45, 2.75) is 0 Å². The number of β-amino-alcohol motifs (C(OH)–C–C–N with tert-alkyl or cyclic N) is 1. The second kappa shape index (κ2) is 2.90. The highest BCUT2D eigenvalue weighted by molar-refractivity contribution is 6.44. The van der Waals surface area contributed by atoms with Crippen LogP contribution in [0.5, 0.6) is 0 Å². The zero-order valence-corrected chi connectivity index (χ0v) is 6.48. The summed E-state index contributed by atoms with van der Waals surface area (Å²) in [7, 11) is 1.22. The SMILES string of the molecule is CN1C(=O)C(=O)N(CCO)C1=O. The van der Waals surface area contributed by atoms with Gasteiger partial charge in [0, 0.05) is 7.05 Å². The van der Waals surface area contributed by atoms with Gasteiger partial charge in [-0.05, 0) is 0 Å². The summed E-state index contributed by atoms with van der Waals surface area (Å²) in [5.74, 6) is -1.73. The maximum absolute atomic E-state index is 11.0. The molecule has 1 heterocycles. The number of carbonyl (C=O) groups is 3. The van der Waals surface area contributed by atoms with E-state index in [1.807, 2.05) is 0 Å². The summed E-state index contributed by atoms with van der Waals surface area (Å²) in [5.41, 5.74) is 0. The minimum absolute atomic E-state index is 0.131. The molecule has 1 N–H and O–H groups in total. The van der Waals surface area contributed by atoms with Crippen LogP contribution in [0.2, 0.25) is 0 Å². The Morgan fingerprint density at radius 2 is 1.83 bits per heavy atom. The van der Waals surface area contributed by atoms with Gasteiger partial charge >= 0.3 is 17.8 Å². The van der Waals surface area contributed by atoms with Crippen LogP contribution in [-0.4, -0.2) is 53.0 Å². The van der Waals surface area contributed by atoms with Crippen LogP contribution in [0.1, 0.15) is 0 Å². The Labute approximate surface area is 68.4 Å². The van der Waals surface area contributed by atoms with Gasteiger partial charge < -0.3 is 5.11 Å². The zero-order chi connectivity index (χ0) is 9.30. The molecule has 0 radical (unpaired) electrons. The van der Waals surface area contributed by atoms with Gasteiger partial charge in [-0.3, -0.25) is 19.4 Å². The van der Waals surface area contributed by atoms with Crippen LogP contribution < -0.4 is 0 Å². The molecular weight excluding hydrogens is 164 g/mol. The van der Waals surface area contributed by atoms with Gasteiger partial charge in [-0.15, -0.1) is 0 Å². The summed E-state index contributed by atoms with van der Waals surface area (Å²) in [4.78, 5) is 34.2. The summed E-state index contributed by atoms with van der Waals surface area (Å²) in [5, 5.41) is 8.46. The summed E-state index contributed by atoms with van der Waals surface area (Å²) in [6, 6.07) is -0.681. The summed E-state index contributed by atoms with van der Waals surface area (Å²) < 4.78 is 0. The number of carbonyl (C=O) groups excluding carboxylic acids is 3. The van der Waals surface area contributed by atoms with E-state index in [0.717, 1.165) is 4.90 Å². The Kier molecular flexibility index (Phi) is 2.09. The number of aliphatic hydroxyl groups is 1. The average Bonchev–Trinajstić information content (AvgIpc) is 2.23. The van der Waals surface area contributed by atoms with Crippen molar-refractivity contribution < 1.29 is 19.5 Å². The van der Waals surface area contributed by atoms with Gasteiger partial charge in [0.05, 0.1) is 13.2 Å². The molecule has 0 aliphatic carbocycles. The number of hydrogen-bond acceptors (Lipinski definition) is 4. The van der Waals surface area contributed by atoms with E-state index in [1.165, 1.54) is 7.05 Å². The van der Waals surface area contributed by atoms with E-state index in [4.69, 9.17) is 5.11 Å². The third-order valence-electron chi connectivity index (χ3n) is 1.57. The highest BCUT2D eigenvalue weighted by Gasteiger charge is 2.41. The minimum atomic E-state index is -0.878. The van der Waals surface area contributed by atoms with Crippen molar-refractivity contribution in [2.75, 3.05) is 20.2 Å². The Morgan fingerprint density at radius 3 is 2.17 bits per heavy atom. The molecule has 1 rings (SSSR count). The molecule has 0 bridgehead atoms. The third-order valence-corrected chi connectivity index (χ3v) is 1.57. The maximum Gasteiger partial charge on any atom is 0.334 e. The first kappa shape index (κ1) is 8.66. The van der Waals surface area contributed by atoms with Crippen LogP contribution in [0.15, 0.2) is 0 Å². The molecule has 0 saturated carbocycles. The monoisotopic (exact) mass is 172 g/mol. The Balaban J connectivity index is 2.84. The first-order chi connectivity index (χ1) is 5.59. The van der Waals surface area contributed by atoms with Gasteiger partial charge in [-0.25, -0.2) is 4.79 Å². The lowest BCUT2D eigenvalue weighted by atomic mass is 10.5. The van der Waals surface area contributed by atoms with Gasteiger partial charge in [0.15, 0.2) is 0 Å². The van der Waals surface area contributed by atoms with Gasteiger partial charge in [0.25, 0.3) is 0 Å². The van der Waals surface area contributed by atoms with Crippen molar-refractivity contribution in [3.8, 4) is 0 Å². The fourth-order valence-electron chi connectivity index (χ4n) is 0.911. The van der Waals surface area contributed by atoms with E-state index in [1.54, 1.807) is 0 Å². The highest BCUT2D eigenvalue weighted by Crippen LogP contribution is 2.07. The van der Waals surface area contributed by atoms with E-state index in [2.05, 4.69) is 0 Å². The molecule has 1 saturated heterocycles. The Bertz CT molecular complexity index is 250. The largest absolute Gasteiger partial charge is 0.395 e. The van der Waals surface area contributed by atoms with E-state index in [-0.39, 0.29) is 13.2 Å². The molecule has 0 unspecified atom stereocenters. The van der Waals surface area contributed by atoms with Gasteiger partial charge in [-0.2, -0.15) is 0 Å². The predicted octanol–water partition coefficient (Wildman–Crippen LogP) is -1.60. The van der Waals surface area contributed by atoms with Crippen LogP contribution >= 0.6 is 0 Å². The summed E-state index contributed by atoms with van der Waals surface area (Å²) in [6.07, 6.45) is 0. The summed E-state index contributed by atoms with van der Waals surface area (Å²) in [6.45, 7) is -0.466. The standard InChI is InChI=1S/C6H8N2O4/c1-7-4(10)5(11)8(2-3-9)6(7)12/h9H,2-3H2,1H3. The van der Waals surface area contributed by atoms with Crippen LogP contribution in [0.4, 0.5) is 4.79 Å². The topological polar surface area (TPSA) is 77.9 Å². The van der Waals surface area contributed by atoms with Gasteiger partial charge in [0.1, 0.15) is 0 Å². The first-order valence-corrected chi connectivity index (χ1v) is 3.34. The average molecular weight is 172 g/mol. The molecule has 4 amide bonds. The molecule has 1 aliphatic heterocycles. The fourth-order valence-corrected chi connectivity index (χ4v) is 0.911. The van der Waals surface area contributed by atoms with Crippen molar-refractivity contribution in [1.82, 2.24) is 9.80 Å².